The number of hydrogen-bond acceptors (Lipinski definition) is 4. The third-order valence-corrected chi connectivity index (χ3v) is 2.77. The number of aliphatic carboxylic acids is 1. The summed E-state index contributed by atoms with van der Waals surface area (Å²) in [5, 5.41) is 11.0. The molecule has 0 aliphatic heterocycles. The molecule has 0 aliphatic carbocycles. The van der Waals surface area contributed by atoms with Crippen LogP contribution in [0.25, 0.3) is 0 Å². The molecule has 0 aromatic carbocycles. The van der Waals surface area contributed by atoms with Crippen LogP contribution in [0.2, 0.25) is 0 Å². The van der Waals surface area contributed by atoms with Crippen LogP contribution in [-0.2, 0) is 11.2 Å². The van der Waals surface area contributed by atoms with E-state index in [9.17, 15) is 9.59 Å². The molecule has 1 amide bonds. The van der Waals surface area contributed by atoms with E-state index in [1.807, 2.05) is 6.92 Å². The molecular formula is C9H12N2O3S. The van der Waals surface area contributed by atoms with Crippen LogP contribution in [0.4, 0.5) is 0 Å². The Morgan fingerprint density at radius 2 is 2.33 bits per heavy atom. The lowest BCUT2D eigenvalue weighted by molar-refractivity contribution is -0.138. The van der Waals surface area contributed by atoms with Crippen LogP contribution in [0.5, 0.6) is 0 Å². The number of rotatable bonds is 4. The van der Waals surface area contributed by atoms with E-state index in [2.05, 4.69) is 10.3 Å². The van der Waals surface area contributed by atoms with Crippen LogP contribution >= 0.6 is 11.3 Å². The molecule has 6 heteroatoms. The van der Waals surface area contributed by atoms with E-state index in [-0.39, 0.29) is 5.91 Å². The number of carbonyl (C=O) groups is 2. The third-order valence-electron chi connectivity index (χ3n) is 1.90. The van der Waals surface area contributed by atoms with Gasteiger partial charge in [-0.25, -0.2) is 4.98 Å². The molecule has 1 aromatic rings. The first-order chi connectivity index (χ1) is 7.06. The highest BCUT2D eigenvalue weighted by molar-refractivity contribution is 7.11. The monoisotopic (exact) mass is 228 g/mol. The van der Waals surface area contributed by atoms with Gasteiger partial charge in [-0.15, -0.1) is 11.3 Å². The Morgan fingerprint density at radius 1 is 1.67 bits per heavy atom. The summed E-state index contributed by atoms with van der Waals surface area (Å²) in [7, 11) is 0. The second-order valence-corrected chi connectivity index (χ2v) is 3.87. The quantitative estimate of drug-likeness (QED) is 0.802. The zero-order chi connectivity index (χ0) is 11.4. The standard InChI is InChI=1S/C9H12N2O3S/c1-3-6-7(15-4-10-6)8(12)11-5(2)9(13)14/h4-5H,3H2,1-2H3,(H,11,12)(H,13,14)/t5-/m1/s1. The second kappa shape index (κ2) is 4.88. The molecule has 0 aliphatic rings. The molecule has 0 radical (unpaired) electrons. The summed E-state index contributed by atoms with van der Waals surface area (Å²) in [4.78, 5) is 26.6. The van der Waals surface area contributed by atoms with Gasteiger partial charge in [-0.05, 0) is 13.3 Å². The van der Waals surface area contributed by atoms with Crippen LogP contribution in [-0.4, -0.2) is 28.0 Å². The summed E-state index contributed by atoms with van der Waals surface area (Å²) < 4.78 is 0. The van der Waals surface area contributed by atoms with E-state index in [4.69, 9.17) is 5.11 Å². The van der Waals surface area contributed by atoms with Gasteiger partial charge in [0.25, 0.3) is 5.91 Å². The van der Waals surface area contributed by atoms with Crippen LogP contribution in [0.15, 0.2) is 5.51 Å². The van der Waals surface area contributed by atoms with Gasteiger partial charge in [0.15, 0.2) is 0 Å². The van der Waals surface area contributed by atoms with Gasteiger partial charge in [-0.1, -0.05) is 6.92 Å². The number of thiazole rings is 1. The minimum absolute atomic E-state index is 0.371. The molecule has 1 aromatic heterocycles. The molecule has 1 rings (SSSR count). The van der Waals surface area contributed by atoms with E-state index >= 15 is 0 Å². The first-order valence-corrected chi connectivity index (χ1v) is 5.40. The molecule has 0 saturated heterocycles. The highest BCUT2D eigenvalue weighted by Gasteiger charge is 2.18. The predicted octanol–water partition coefficient (Wildman–Crippen LogP) is 0.908. The fourth-order valence-electron chi connectivity index (χ4n) is 1.03. The van der Waals surface area contributed by atoms with Crippen molar-refractivity contribution in [1.82, 2.24) is 10.3 Å². The molecule has 0 saturated carbocycles. The summed E-state index contributed by atoms with van der Waals surface area (Å²) in [5.74, 6) is -1.42. The van der Waals surface area contributed by atoms with Crippen LogP contribution in [0.1, 0.15) is 29.2 Å². The molecule has 0 spiro atoms. The Bertz CT molecular complexity index is 375. The lowest BCUT2D eigenvalue weighted by Crippen LogP contribution is -2.38. The second-order valence-electron chi connectivity index (χ2n) is 3.02. The van der Waals surface area contributed by atoms with Crippen molar-refractivity contribution < 1.29 is 14.7 Å². The average molecular weight is 228 g/mol. The Morgan fingerprint density at radius 3 is 2.87 bits per heavy atom. The highest BCUT2D eigenvalue weighted by Crippen LogP contribution is 2.13. The van der Waals surface area contributed by atoms with Crippen molar-refractivity contribution in [2.24, 2.45) is 0 Å². The molecular weight excluding hydrogens is 216 g/mol. The number of nitrogens with zero attached hydrogens (tertiary/aromatic N) is 1. The fourth-order valence-corrected chi connectivity index (χ4v) is 1.81. The van der Waals surface area contributed by atoms with E-state index in [0.717, 1.165) is 0 Å². The maximum absolute atomic E-state index is 11.6. The third kappa shape index (κ3) is 2.76. The molecule has 15 heavy (non-hydrogen) atoms. The Balaban J connectivity index is 2.73. The maximum atomic E-state index is 11.6. The van der Waals surface area contributed by atoms with Crippen molar-refractivity contribution in [3.05, 3.63) is 16.1 Å². The first kappa shape index (κ1) is 11.6. The van der Waals surface area contributed by atoms with Gasteiger partial charge >= 0.3 is 5.97 Å². The fraction of sp³-hybridized carbons (Fsp3) is 0.444. The number of aryl methyl sites for hydroxylation is 1. The van der Waals surface area contributed by atoms with Gasteiger partial charge in [0, 0.05) is 0 Å². The number of nitrogens with one attached hydrogen (secondary N) is 1. The molecule has 1 atom stereocenters. The van der Waals surface area contributed by atoms with Crippen molar-refractivity contribution in [2.45, 2.75) is 26.3 Å². The number of aromatic nitrogens is 1. The predicted molar refractivity (Wildman–Crippen MR) is 56.1 cm³/mol. The van der Waals surface area contributed by atoms with Gasteiger partial charge in [-0.2, -0.15) is 0 Å². The van der Waals surface area contributed by atoms with E-state index in [1.54, 1.807) is 5.51 Å². The Labute approximate surface area is 91.1 Å². The maximum Gasteiger partial charge on any atom is 0.325 e. The Kier molecular flexibility index (Phi) is 3.79. The number of amides is 1. The lowest BCUT2D eigenvalue weighted by Gasteiger charge is -2.08. The summed E-state index contributed by atoms with van der Waals surface area (Å²) in [6, 6.07) is -0.885. The molecule has 5 nitrogen and oxygen atoms in total. The van der Waals surface area contributed by atoms with Crippen molar-refractivity contribution >= 4 is 23.2 Å². The zero-order valence-electron chi connectivity index (χ0n) is 8.48. The minimum Gasteiger partial charge on any atom is -0.480 e. The van der Waals surface area contributed by atoms with Crippen LogP contribution in [0, 0.1) is 0 Å². The van der Waals surface area contributed by atoms with E-state index in [0.29, 0.717) is 17.0 Å². The SMILES string of the molecule is CCc1ncsc1C(=O)N[C@H](C)C(=O)O. The average Bonchev–Trinajstić information content (AvgIpc) is 2.64. The minimum atomic E-state index is -1.05. The molecule has 1 heterocycles. The summed E-state index contributed by atoms with van der Waals surface area (Å²) >= 11 is 1.22. The zero-order valence-corrected chi connectivity index (χ0v) is 9.30. The van der Waals surface area contributed by atoms with Crippen LogP contribution < -0.4 is 5.32 Å². The summed E-state index contributed by atoms with van der Waals surface area (Å²) in [5.41, 5.74) is 2.29. The van der Waals surface area contributed by atoms with Gasteiger partial charge in [0.1, 0.15) is 10.9 Å². The molecule has 82 valence electrons. The van der Waals surface area contributed by atoms with Crippen molar-refractivity contribution in [3.8, 4) is 0 Å². The number of carbonyl (C=O) groups excluding carboxylic acids is 1. The topological polar surface area (TPSA) is 79.3 Å². The molecule has 0 bridgehead atoms. The van der Waals surface area contributed by atoms with E-state index in [1.165, 1.54) is 18.3 Å². The number of hydrogen-bond donors (Lipinski definition) is 2. The van der Waals surface area contributed by atoms with Gasteiger partial charge < -0.3 is 10.4 Å². The Hall–Kier alpha value is -1.43. The van der Waals surface area contributed by atoms with Gasteiger partial charge in [0.05, 0.1) is 11.2 Å². The summed E-state index contributed by atoms with van der Waals surface area (Å²) in [6.45, 7) is 3.32. The van der Waals surface area contributed by atoms with Gasteiger partial charge in [0.2, 0.25) is 0 Å². The molecule has 0 unspecified atom stereocenters. The van der Waals surface area contributed by atoms with Crippen molar-refractivity contribution in [3.63, 3.8) is 0 Å². The first-order valence-electron chi connectivity index (χ1n) is 4.52. The molecule has 2 N–H and O–H groups in total. The number of carboxylic acids is 1. The van der Waals surface area contributed by atoms with Crippen LogP contribution in [0.3, 0.4) is 0 Å². The lowest BCUT2D eigenvalue weighted by atomic mass is 10.2. The smallest absolute Gasteiger partial charge is 0.325 e. The summed E-state index contributed by atoms with van der Waals surface area (Å²) in [6.07, 6.45) is 0.660. The highest BCUT2D eigenvalue weighted by atomic mass is 32.1. The van der Waals surface area contributed by atoms with Crippen molar-refractivity contribution in [1.29, 1.82) is 0 Å². The van der Waals surface area contributed by atoms with E-state index < -0.39 is 12.0 Å². The van der Waals surface area contributed by atoms with Gasteiger partial charge in [-0.3, -0.25) is 9.59 Å². The molecule has 0 fully saturated rings. The van der Waals surface area contributed by atoms with Crippen molar-refractivity contribution in [2.75, 3.05) is 0 Å². The number of carboxylic acid groups (broad SMARTS) is 1. The normalized spacial score (nSPS) is 12.1. The largest absolute Gasteiger partial charge is 0.480 e.